The predicted molar refractivity (Wildman–Crippen MR) is 40.5 cm³/mol. The van der Waals surface area contributed by atoms with Crippen molar-refractivity contribution in [2.75, 3.05) is 5.32 Å². The molecule has 0 aliphatic rings. The highest BCUT2D eigenvalue weighted by Gasteiger charge is 1.87. The third kappa shape index (κ3) is 1.48. The minimum Gasteiger partial charge on any atom is -0.508 e. The molecule has 0 spiro atoms. The van der Waals surface area contributed by atoms with Crippen molar-refractivity contribution >= 4 is 12.0 Å². The molecule has 0 aliphatic carbocycles. The van der Waals surface area contributed by atoms with Gasteiger partial charge in [0.25, 0.3) is 0 Å². The maximum atomic E-state index is 8.84. The zero-order valence-electron chi connectivity index (χ0n) is 5.33. The predicted octanol–water partition coefficient (Wildman–Crippen LogP) is 1.41. The van der Waals surface area contributed by atoms with E-state index in [9.17, 15) is 0 Å². The van der Waals surface area contributed by atoms with Crippen molar-refractivity contribution in [3.05, 3.63) is 24.3 Å². The van der Waals surface area contributed by atoms with E-state index in [1.165, 1.54) is 0 Å². The Balaban J connectivity index is 2.78. The number of hydrogen-bond acceptors (Lipinski definition) is 2. The Kier molecular flexibility index (Phi) is 1.89. The highest BCUT2D eigenvalue weighted by atomic mass is 16.3. The van der Waals surface area contributed by atoms with Gasteiger partial charge in [0.2, 0.25) is 0 Å². The summed E-state index contributed by atoms with van der Waals surface area (Å²) in [6, 6.07) is 6.51. The Morgan fingerprint density at radius 3 is 2.40 bits per heavy atom. The molecule has 0 saturated carbocycles. The molecular formula is C7H8N2O. The molecule has 0 heterocycles. The van der Waals surface area contributed by atoms with E-state index in [1.807, 2.05) is 0 Å². The van der Waals surface area contributed by atoms with E-state index in [4.69, 9.17) is 10.5 Å². The minimum atomic E-state index is 0.232. The largest absolute Gasteiger partial charge is 0.508 e. The summed E-state index contributed by atoms with van der Waals surface area (Å²) in [5.41, 5.74) is 0.799. The Hall–Kier alpha value is -1.51. The lowest BCUT2D eigenvalue weighted by Gasteiger charge is -1.97. The van der Waals surface area contributed by atoms with E-state index in [1.54, 1.807) is 24.3 Å². The Labute approximate surface area is 58.8 Å². The van der Waals surface area contributed by atoms with Crippen LogP contribution in [-0.2, 0) is 0 Å². The van der Waals surface area contributed by atoms with Crippen LogP contribution in [0.5, 0.6) is 5.75 Å². The number of anilines is 1. The van der Waals surface area contributed by atoms with Crippen molar-refractivity contribution in [2.24, 2.45) is 0 Å². The number of benzene rings is 1. The second-order valence-electron chi connectivity index (χ2n) is 1.84. The summed E-state index contributed by atoms with van der Waals surface area (Å²) in [5.74, 6) is 0.232. The monoisotopic (exact) mass is 136 g/mol. The molecule has 0 amide bonds. The van der Waals surface area contributed by atoms with Crippen LogP contribution in [0.15, 0.2) is 24.3 Å². The normalized spacial score (nSPS) is 8.80. The van der Waals surface area contributed by atoms with Gasteiger partial charge >= 0.3 is 0 Å². The number of aromatic hydroxyl groups is 1. The number of hydrogen-bond donors (Lipinski definition) is 3. The summed E-state index contributed by atoms with van der Waals surface area (Å²) in [5, 5.41) is 18.2. The van der Waals surface area contributed by atoms with Gasteiger partial charge in [0.15, 0.2) is 0 Å². The van der Waals surface area contributed by atoms with Crippen molar-refractivity contribution in [2.45, 2.75) is 0 Å². The highest BCUT2D eigenvalue weighted by molar-refractivity contribution is 5.73. The zero-order valence-corrected chi connectivity index (χ0v) is 5.33. The quantitative estimate of drug-likeness (QED) is 0.327. The van der Waals surface area contributed by atoms with Crippen molar-refractivity contribution in [3.63, 3.8) is 0 Å². The van der Waals surface area contributed by atoms with E-state index in [2.05, 4.69) is 5.32 Å². The third-order valence-electron chi connectivity index (χ3n) is 1.11. The van der Waals surface area contributed by atoms with Crippen LogP contribution in [0.3, 0.4) is 0 Å². The molecule has 0 unspecified atom stereocenters. The lowest BCUT2D eigenvalue weighted by molar-refractivity contribution is 0.475. The maximum Gasteiger partial charge on any atom is 0.115 e. The topological polar surface area (TPSA) is 56.1 Å². The van der Waals surface area contributed by atoms with Gasteiger partial charge in [-0.2, -0.15) is 0 Å². The third-order valence-corrected chi connectivity index (χ3v) is 1.11. The minimum absolute atomic E-state index is 0.232. The van der Waals surface area contributed by atoms with E-state index in [0.29, 0.717) is 0 Å². The van der Waals surface area contributed by atoms with Gasteiger partial charge in [0.05, 0.1) is 6.34 Å². The van der Waals surface area contributed by atoms with Crippen LogP contribution in [0.1, 0.15) is 0 Å². The average molecular weight is 136 g/mol. The molecule has 0 aliphatic heterocycles. The fraction of sp³-hybridized carbons (Fsp3) is 0. The first-order valence-corrected chi connectivity index (χ1v) is 2.87. The van der Waals surface area contributed by atoms with Gasteiger partial charge in [-0.05, 0) is 24.3 Å². The Morgan fingerprint density at radius 1 is 1.30 bits per heavy atom. The average Bonchev–Trinajstić information content (AvgIpc) is 1.95. The summed E-state index contributed by atoms with van der Waals surface area (Å²) in [6.07, 6.45) is 1.09. The summed E-state index contributed by atoms with van der Waals surface area (Å²) >= 11 is 0. The van der Waals surface area contributed by atoms with E-state index < -0.39 is 0 Å². The smallest absolute Gasteiger partial charge is 0.115 e. The van der Waals surface area contributed by atoms with Crippen molar-refractivity contribution in [1.82, 2.24) is 0 Å². The molecule has 0 radical (unpaired) electrons. The van der Waals surface area contributed by atoms with Gasteiger partial charge in [-0.15, -0.1) is 0 Å². The van der Waals surface area contributed by atoms with E-state index in [-0.39, 0.29) is 5.75 Å². The molecule has 3 N–H and O–H groups in total. The van der Waals surface area contributed by atoms with Crippen LogP contribution < -0.4 is 5.32 Å². The molecule has 1 aromatic carbocycles. The van der Waals surface area contributed by atoms with Gasteiger partial charge in [0.1, 0.15) is 5.75 Å². The Morgan fingerprint density at radius 2 is 1.90 bits per heavy atom. The lowest BCUT2D eigenvalue weighted by atomic mass is 10.3. The molecule has 3 nitrogen and oxygen atoms in total. The van der Waals surface area contributed by atoms with Crippen molar-refractivity contribution < 1.29 is 5.11 Å². The molecule has 0 aromatic heterocycles. The fourth-order valence-electron chi connectivity index (χ4n) is 0.641. The maximum absolute atomic E-state index is 8.84. The van der Waals surface area contributed by atoms with Crippen LogP contribution in [0.2, 0.25) is 0 Å². The molecule has 0 saturated heterocycles. The summed E-state index contributed by atoms with van der Waals surface area (Å²) < 4.78 is 0. The molecule has 3 heteroatoms. The molecule has 0 atom stereocenters. The van der Waals surface area contributed by atoms with Crippen LogP contribution in [0.4, 0.5) is 5.69 Å². The van der Waals surface area contributed by atoms with Crippen molar-refractivity contribution in [1.29, 1.82) is 5.41 Å². The van der Waals surface area contributed by atoms with Crippen LogP contribution in [0, 0.1) is 5.41 Å². The first kappa shape index (κ1) is 6.61. The molecule has 1 rings (SSSR count). The van der Waals surface area contributed by atoms with Gasteiger partial charge in [-0.3, -0.25) is 5.41 Å². The first-order valence-electron chi connectivity index (χ1n) is 2.87. The van der Waals surface area contributed by atoms with Crippen LogP contribution >= 0.6 is 0 Å². The summed E-state index contributed by atoms with van der Waals surface area (Å²) in [7, 11) is 0. The zero-order chi connectivity index (χ0) is 7.40. The van der Waals surface area contributed by atoms with E-state index >= 15 is 0 Å². The summed E-state index contributed by atoms with van der Waals surface area (Å²) in [4.78, 5) is 0. The van der Waals surface area contributed by atoms with Crippen molar-refractivity contribution in [3.8, 4) is 5.75 Å². The number of phenols is 1. The molecule has 52 valence electrons. The number of phenolic OH excluding ortho intramolecular Hbond substituents is 1. The Bertz CT molecular complexity index is 218. The van der Waals surface area contributed by atoms with Gasteiger partial charge in [0, 0.05) is 5.69 Å². The summed E-state index contributed by atoms with van der Waals surface area (Å²) in [6.45, 7) is 0. The molecule has 0 fully saturated rings. The first-order chi connectivity index (χ1) is 4.83. The van der Waals surface area contributed by atoms with Gasteiger partial charge in [-0.25, -0.2) is 0 Å². The van der Waals surface area contributed by atoms with Crippen LogP contribution in [0.25, 0.3) is 0 Å². The molecule has 0 bridgehead atoms. The number of nitrogens with one attached hydrogen (secondary N) is 2. The van der Waals surface area contributed by atoms with Crippen LogP contribution in [-0.4, -0.2) is 11.4 Å². The highest BCUT2D eigenvalue weighted by Crippen LogP contribution is 2.12. The van der Waals surface area contributed by atoms with E-state index in [0.717, 1.165) is 12.0 Å². The SMILES string of the molecule is N=CNc1ccc(O)cc1. The number of rotatable bonds is 2. The second-order valence-corrected chi connectivity index (χ2v) is 1.84. The molecule has 10 heavy (non-hydrogen) atoms. The second kappa shape index (κ2) is 2.87. The fourth-order valence-corrected chi connectivity index (χ4v) is 0.641. The van der Waals surface area contributed by atoms with Gasteiger partial charge < -0.3 is 10.4 Å². The molecular weight excluding hydrogens is 128 g/mol. The molecule has 1 aromatic rings. The standard InChI is InChI=1S/C7H8N2O/c8-5-9-6-1-3-7(10)4-2-6/h1-5,10H,(H2,8,9). The van der Waals surface area contributed by atoms with Gasteiger partial charge in [-0.1, -0.05) is 0 Å². The lowest BCUT2D eigenvalue weighted by Crippen LogP contribution is -1.90.